The van der Waals surface area contributed by atoms with Crippen LogP contribution >= 0.6 is 0 Å². The molecule has 33 heavy (non-hydrogen) atoms. The van der Waals surface area contributed by atoms with Crippen molar-refractivity contribution in [2.45, 2.75) is 38.0 Å². The molecule has 0 atom stereocenters. The fourth-order valence-electron chi connectivity index (χ4n) is 3.91. The molecular formula is C24H33N3O5S. The number of hydrogen-bond acceptors (Lipinski definition) is 6. The third-order valence-corrected chi connectivity index (χ3v) is 7.76. The van der Waals surface area contributed by atoms with Crippen LogP contribution in [0.15, 0.2) is 47.4 Å². The van der Waals surface area contributed by atoms with Gasteiger partial charge >= 0.3 is 0 Å². The zero-order chi connectivity index (χ0) is 23.8. The molecule has 2 aromatic carbocycles. The molecule has 8 nitrogen and oxygen atoms in total. The van der Waals surface area contributed by atoms with E-state index in [9.17, 15) is 13.2 Å². The topological polar surface area (TPSA) is 88.2 Å². The van der Waals surface area contributed by atoms with Crippen LogP contribution in [-0.4, -0.2) is 58.5 Å². The van der Waals surface area contributed by atoms with Gasteiger partial charge in [0.2, 0.25) is 10.0 Å². The number of sulfonamides is 1. The summed E-state index contributed by atoms with van der Waals surface area (Å²) in [5.74, 6) is 0.880. The van der Waals surface area contributed by atoms with Crippen LogP contribution in [0.25, 0.3) is 0 Å². The number of nitrogens with one attached hydrogen (secondary N) is 1. The fourth-order valence-corrected chi connectivity index (χ4v) is 5.39. The van der Waals surface area contributed by atoms with Crippen molar-refractivity contribution in [3.05, 3.63) is 42.5 Å². The summed E-state index contributed by atoms with van der Waals surface area (Å²) in [5, 5.41) is 2.87. The van der Waals surface area contributed by atoms with Crippen molar-refractivity contribution in [3.63, 3.8) is 0 Å². The number of nitrogens with zero attached hydrogens (tertiary/aromatic N) is 2. The molecule has 1 N–H and O–H groups in total. The highest BCUT2D eigenvalue weighted by Gasteiger charge is 2.24. The second kappa shape index (κ2) is 11.4. The predicted molar refractivity (Wildman–Crippen MR) is 130 cm³/mol. The van der Waals surface area contributed by atoms with Crippen molar-refractivity contribution in [2.24, 2.45) is 0 Å². The van der Waals surface area contributed by atoms with E-state index in [-0.39, 0.29) is 17.4 Å². The highest BCUT2D eigenvalue weighted by atomic mass is 32.2. The van der Waals surface area contributed by atoms with Crippen LogP contribution in [0, 0.1) is 0 Å². The molecule has 0 aromatic heterocycles. The molecule has 0 unspecified atom stereocenters. The molecule has 1 amide bonds. The first-order valence-electron chi connectivity index (χ1n) is 11.3. The van der Waals surface area contributed by atoms with Crippen LogP contribution in [0.3, 0.4) is 0 Å². The van der Waals surface area contributed by atoms with Crippen molar-refractivity contribution >= 4 is 27.3 Å². The van der Waals surface area contributed by atoms with Crippen LogP contribution in [0.2, 0.25) is 0 Å². The molecule has 0 bridgehead atoms. The molecule has 3 rings (SSSR count). The Morgan fingerprint density at radius 1 is 1.00 bits per heavy atom. The molecule has 2 aromatic rings. The average Bonchev–Trinajstić information content (AvgIpc) is 2.84. The Hall–Kier alpha value is -2.78. The minimum absolute atomic E-state index is 0.165. The number of carbonyl (C=O) groups excluding carboxylic acids is 1. The van der Waals surface area contributed by atoms with E-state index in [0.717, 1.165) is 31.6 Å². The summed E-state index contributed by atoms with van der Waals surface area (Å²) in [6.45, 7) is 5.92. The van der Waals surface area contributed by atoms with Crippen molar-refractivity contribution in [2.75, 3.05) is 50.1 Å². The zero-order valence-corrected chi connectivity index (χ0v) is 20.4. The molecule has 9 heteroatoms. The second-order valence-corrected chi connectivity index (χ2v) is 9.77. The van der Waals surface area contributed by atoms with E-state index in [1.54, 1.807) is 49.6 Å². The maximum absolute atomic E-state index is 13.0. The van der Waals surface area contributed by atoms with E-state index in [1.165, 1.54) is 10.7 Å². The van der Waals surface area contributed by atoms with E-state index in [1.807, 2.05) is 13.8 Å². The molecule has 1 saturated heterocycles. The monoisotopic (exact) mass is 475 g/mol. The summed E-state index contributed by atoms with van der Waals surface area (Å²) >= 11 is 0. The Morgan fingerprint density at radius 3 is 2.24 bits per heavy atom. The molecule has 1 aliphatic heterocycles. The molecule has 0 radical (unpaired) electrons. The van der Waals surface area contributed by atoms with Crippen LogP contribution in [0.5, 0.6) is 11.5 Å². The standard InChI is InChI=1S/C24H33N3O5S/c1-4-27(5-2)33(29,30)21-13-14-23(26-15-7-6-8-16-26)22(17-21)25-24(28)18-32-20-11-9-19(31-3)10-12-20/h9-14,17H,4-8,15-16,18H2,1-3H3,(H,25,28). The summed E-state index contributed by atoms with van der Waals surface area (Å²) in [7, 11) is -2.07. The lowest BCUT2D eigenvalue weighted by molar-refractivity contribution is -0.118. The minimum Gasteiger partial charge on any atom is -0.497 e. The third-order valence-electron chi connectivity index (χ3n) is 5.71. The second-order valence-electron chi connectivity index (χ2n) is 7.83. The van der Waals surface area contributed by atoms with E-state index in [2.05, 4.69) is 10.2 Å². The number of anilines is 2. The number of benzene rings is 2. The van der Waals surface area contributed by atoms with Gasteiger partial charge in [-0.15, -0.1) is 0 Å². The third kappa shape index (κ3) is 6.17. The van der Waals surface area contributed by atoms with Gasteiger partial charge in [-0.3, -0.25) is 4.79 Å². The normalized spacial score (nSPS) is 14.2. The molecule has 0 aliphatic carbocycles. The average molecular weight is 476 g/mol. The first-order chi connectivity index (χ1) is 15.9. The van der Waals surface area contributed by atoms with Gasteiger partial charge in [0, 0.05) is 26.2 Å². The predicted octanol–water partition coefficient (Wildman–Crippen LogP) is 3.73. The molecule has 1 heterocycles. The first kappa shape index (κ1) is 24.9. The number of ether oxygens (including phenoxy) is 2. The Kier molecular flexibility index (Phi) is 8.57. The summed E-state index contributed by atoms with van der Waals surface area (Å²) in [5.41, 5.74) is 1.31. The van der Waals surface area contributed by atoms with Gasteiger partial charge in [0.15, 0.2) is 6.61 Å². The molecule has 180 valence electrons. The smallest absolute Gasteiger partial charge is 0.262 e. The first-order valence-corrected chi connectivity index (χ1v) is 12.8. The molecule has 1 fully saturated rings. The quantitative estimate of drug-likeness (QED) is 0.563. The van der Waals surface area contributed by atoms with Crippen LogP contribution in [-0.2, 0) is 14.8 Å². The van der Waals surface area contributed by atoms with Gasteiger partial charge in [0.05, 0.1) is 23.4 Å². The van der Waals surface area contributed by atoms with E-state index in [4.69, 9.17) is 9.47 Å². The summed E-state index contributed by atoms with van der Waals surface area (Å²) in [6, 6.07) is 11.9. The largest absolute Gasteiger partial charge is 0.497 e. The van der Waals surface area contributed by atoms with Crippen LogP contribution in [0.4, 0.5) is 11.4 Å². The Morgan fingerprint density at radius 2 is 1.64 bits per heavy atom. The van der Waals surface area contributed by atoms with Crippen molar-refractivity contribution in [1.82, 2.24) is 4.31 Å². The number of piperidine rings is 1. The molecule has 1 aliphatic rings. The van der Waals surface area contributed by atoms with Gasteiger partial charge in [-0.05, 0) is 61.7 Å². The van der Waals surface area contributed by atoms with Crippen molar-refractivity contribution in [1.29, 1.82) is 0 Å². The van der Waals surface area contributed by atoms with Gasteiger partial charge in [-0.25, -0.2) is 8.42 Å². The van der Waals surface area contributed by atoms with Gasteiger partial charge in [0.25, 0.3) is 5.91 Å². The number of rotatable bonds is 10. The minimum atomic E-state index is -3.65. The molecule has 0 spiro atoms. The van der Waals surface area contributed by atoms with E-state index >= 15 is 0 Å². The van der Waals surface area contributed by atoms with Crippen LogP contribution < -0.4 is 19.7 Å². The molecule has 0 saturated carbocycles. The van der Waals surface area contributed by atoms with Gasteiger partial charge in [0.1, 0.15) is 11.5 Å². The summed E-state index contributed by atoms with van der Waals surface area (Å²) < 4.78 is 38.2. The SMILES string of the molecule is CCN(CC)S(=O)(=O)c1ccc(N2CCCCC2)c(NC(=O)COc2ccc(OC)cc2)c1. The zero-order valence-electron chi connectivity index (χ0n) is 19.5. The lowest BCUT2D eigenvalue weighted by Crippen LogP contribution is -2.32. The van der Waals surface area contributed by atoms with Gasteiger partial charge < -0.3 is 19.7 Å². The lowest BCUT2D eigenvalue weighted by Gasteiger charge is -2.31. The summed E-state index contributed by atoms with van der Waals surface area (Å²) in [4.78, 5) is 15.1. The Labute approximate surface area is 196 Å². The maximum Gasteiger partial charge on any atom is 0.262 e. The van der Waals surface area contributed by atoms with Crippen LogP contribution in [0.1, 0.15) is 33.1 Å². The van der Waals surface area contributed by atoms with E-state index in [0.29, 0.717) is 30.3 Å². The number of amides is 1. The van der Waals surface area contributed by atoms with Gasteiger partial charge in [-0.2, -0.15) is 4.31 Å². The Balaban J connectivity index is 1.82. The number of methoxy groups -OCH3 is 1. The fraction of sp³-hybridized carbons (Fsp3) is 0.458. The highest BCUT2D eigenvalue weighted by molar-refractivity contribution is 7.89. The molecular weight excluding hydrogens is 442 g/mol. The van der Waals surface area contributed by atoms with Crippen molar-refractivity contribution in [3.8, 4) is 11.5 Å². The van der Waals surface area contributed by atoms with E-state index < -0.39 is 10.0 Å². The van der Waals surface area contributed by atoms with Gasteiger partial charge in [-0.1, -0.05) is 13.8 Å². The Bertz CT molecular complexity index is 1030. The lowest BCUT2D eigenvalue weighted by atomic mass is 10.1. The summed E-state index contributed by atoms with van der Waals surface area (Å²) in [6.07, 6.45) is 3.29. The highest BCUT2D eigenvalue weighted by Crippen LogP contribution is 2.32. The maximum atomic E-state index is 13.0. The number of hydrogen-bond donors (Lipinski definition) is 1. The number of carbonyl (C=O) groups is 1. The van der Waals surface area contributed by atoms with Crippen molar-refractivity contribution < 1.29 is 22.7 Å².